The molecule has 2 N–H and O–H groups in total. The number of halogens is 2. The predicted molar refractivity (Wildman–Crippen MR) is 97.9 cm³/mol. The van der Waals surface area contributed by atoms with Gasteiger partial charge in [0.1, 0.15) is 5.82 Å². The summed E-state index contributed by atoms with van der Waals surface area (Å²) in [6.45, 7) is 4.11. The van der Waals surface area contributed by atoms with Gasteiger partial charge in [-0.1, -0.05) is 31.5 Å². The Kier molecular flexibility index (Phi) is 4.62. The molecule has 3 rings (SSSR count). The smallest absolute Gasteiger partial charge is 0.240 e. The molecular weight excluding hydrogens is 363 g/mol. The monoisotopic (exact) mass is 380 g/mol. The van der Waals surface area contributed by atoms with E-state index in [4.69, 9.17) is 11.6 Å². The molecule has 2 aromatic carbocycles. The van der Waals surface area contributed by atoms with Gasteiger partial charge in [-0.15, -0.1) is 0 Å². The second-order valence-electron chi connectivity index (χ2n) is 6.55. The molecule has 4 nitrogen and oxygen atoms in total. The molecule has 0 aliphatic heterocycles. The maximum Gasteiger partial charge on any atom is 0.240 e. The van der Waals surface area contributed by atoms with Gasteiger partial charge in [0.25, 0.3) is 0 Å². The maximum absolute atomic E-state index is 13.0. The highest BCUT2D eigenvalue weighted by Gasteiger charge is 2.26. The van der Waals surface area contributed by atoms with E-state index in [1.807, 2.05) is 32.2 Å². The Morgan fingerprint density at radius 2 is 1.84 bits per heavy atom. The van der Waals surface area contributed by atoms with Crippen molar-refractivity contribution >= 4 is 32.5 Å². The van der Waals surface area contributed by atoms with Gasteiger partial charge in [0, 0.05) is 34.1 Å². The Morgan fingerprint density at radius 3 is 2.52 bits per heavy atom. The van der Waals surface area contributed by atoms with E-state index in [-0.39, 0.29) is 11.4 Å². The number of nitrogens with one attached hydrogen (secondary N) is 2. The van der Waals surface area contributed by atoms with E-state index in [1.54, 1.807) is 6.07 Å². The number of fused-ring (bicyclic) bond motifs is 1. The largest absolute Gasteiger partial charge is 0.361 e. The SMILES string of the molecule is CC(C)(CNS(=O)(=O)c1ccc(F)cc1)c1c[nH]c2cc(Cl)ccc12. The third-order valence-corrected chi connectivity index (χ3v) is 5.85. The first-order chi connectivity index (χ1) is 11.7. The number of rotatable bonds is 5. The van der Waals surface area contributed by atoms with Crippen LogP contribution in [0.4, 0.5) is 4.39 Å². The van der Waals surface area contributed by atoms with Crippen molar-refractivity contribution < 1.29 is 12.8 Å². The molecule has 0 radical (unpaired) electrons. The summed E-state index contributed by atoms with van der Waals surface area (Å²) in [4.78, 5) is 3.20. The average molecular weight is 381 g/mol. The summed E-state index contributed by atoms with van der Waals surface area (Å²) < 4.78 is 40.4. The van der Waals surface area contributed by atoms with Crippen LogP contribution in [0.3, 0.4) is 0 Å². The molecule has 25 heavy (non-hydrogen) atoms. The highest BCUT2D eigenvalue weighted by molar-refractivity contribution is 7.89. The van der Waals surface area contributed by atoms with Crippen LogP contribution in [0.2, 0.25) is 5.02 Å². The molecular formula is C18H18ClFN2O2S. The van der Waals surface area contributed by atoms with Crippen LogP contribution in [-0.2, 0) is 15.4 Å². The molecule has 0 saturated carbocycles. The molecule has 0 aliphatic carbocycles. The molecule has 1 heterocycles. The molecule has 0 atom stereocenters. The normalized spacial score (nSPS) is 12.6. The van der Waals surface area contributed by atoms with Crippen LogP contribution < -0.4 is 4.72 Å². The fourth-order valence-corrected chi connectivity index (χ4v) is 4.11. The molecule has 3 aromatic rings. The number of H-pyrrole nitrogens is 1. The van der Waals surface area contributed by atoms with Gasteiger partial charge in [0.15, 0.2) is 0 Å². The third kappa shape index (κ3) is 3.71. The van der Waals surface area contributed by atoms with Crippen LogP contribution in [0.5, 0.6) is 0 Å². The van der Waals surface area contributed by atoms with Gasteiger partial charge in [-0.3, -0.25) is 0 Å². The second-order valence-corrected chi connectivity index (χ2v) is 8.76. The standard InChI is InChI=1S/C18H18ClFN2O2S/c1-18(2,16-10-21-17-9-12(19)3-8-15(16)17)11-22-25(23,24)14-6-4-13(20)5-7-14/h3-10,21-22H,11H2,1-2H3. The van der Waals surface area contributed by atoms with Crippen molar-refractivity contribution in [3.63, 3.8) is 0 Å². The zero-order valence-electron chi connectivity index (χ0n) is 13.8. The van der Waals surface area contributed by atoms with E-state index in [0.29, 0.717) is 5.02 Å². The van der Waals surface area contributed by atoms with Gasteiger partial charge in [0.2, 0.25) is 10.0 Å². The van der Waals surface area contributed by atoms with E-state index in [0.717, 1.165) is 28.6 Å². The Labute approximate surface area is 151 Å². The number of aromatic nitrogens is 1. The predicted octanol–water partition coefficient (Wildman–Crippen LogP) is 4.22. The van der Waals surface area contributed by atoms with Crippen LogP contribution in [0, 0.1) is 5.82 Å². The van der Waals surface area contributed by atoms with Crippen LogP contribution in [0.15, 0.2) is 53.6 Å². The lowest BCUT2D eigenvalue weighted by atomic mass is 9.85. The summed E-state index contributed by atoms with van der Waals surface area (Å²) in [5.74, 6) is -0.475. The number of hydrogen-bond donors (Lipinski definition) is 2. The Hall–Kier alpha value is -1.89. The average Bonchev–Trinajstić information content (AvgIpc) is 2.97. The summed E-state index contributed by atoms with van der Waals surface area (Å²) >= 11 is 6.00. The van der Waals surface area contributed by atoms with Crippen LogP contribution in [-0.4, -0.2) is 19.9 Å². The molecule has 0 amide bonds. The van der Waals surface area contributed by atoms with E-state index in [9.17, 15) is 12.8 Å². The minimum absolute atomic E-state index is 0.0374. The van der Waals surface area contributed by atoms with Gasteiger partial charge < -0.3 is 4.98 Å². The molecule has 132 valence electrons. The van der Waals surface area contributed by atoms with Crippen molar-refractivity contribution in [2.45, 2.75) is 24.2 Å². The fraction of sp³-hybridized carbons (Fsp3) is 0.222. The Morgan fingerprint density at radius 1 is 1.16 bits per heavy atom. The van der Waals surface area contributed by atoms with E-state index in [2.05, 4.69) is 9.71 Å². The molecule has 0 fully saturated rings. The molecule has 0 aliphatic rings. The van der Waals surface area contributed by atoms with Crippen molar-refractivity contribution in [2.75, 3.05) is 6.54 Å². The summed E-state index contributed by atoms with van der Waals surface area (Å²) in [6, 6.07) is 10.3. The minimum atomic E-state index is -3.71. The van der Waals surface area contributed by atoms with Crippen molar-refractivity contribution in [1.29, 1.82) is 0 Å². The number of aromatic amines is 1. The number of benzene rings is 2. The van der Waals surface area contributed by atoms with Crippen LogP contribution in [0.25, 0.3) is 10.9 Å². The quantitative estimate of drug-likeness (QED) is 0.696. The zero-order chi connectivity index (χ0) is 18.2. The van der Waals surface area contributed by atoms with Crippen molar-refractivity contribution in [3.05, 3.63) is 65.1 Å². The fourth-order valence-electron chi connectivity index (χ4n) is 2.73. The number of sulfonamides is 1. The Balaban J connectivity index is 1.84. The van der Waals surface area contributed by atoms with Gasteiger partial charge >= 0.3 is 0 Å². The molecule has 1 aromatic heterocycles. The third-order valence-electron chi connectivity index (χ3n) is 4.20. The maximum atomic E-state index is 13.0. The molecule has 0 unspecified atom stereocenters. The van der Waals surface area contributed by atoms with Crippen molar-refractivity contribution in [1.82, 2.24) is 9.71 Å². The first kappa shape index (κ1) is 17.9. The first-order valence-corrected chi connectivity index (χ1v) is 9.57. The number of hydrogen-bond acceptors (Lipinski definition) is 2. The molecule has 0 spiro atoms. The summed E-state index contributed by atoms with van der Waals surface area (Å²) in [5, 5.41) is 1.63. The minimum Gasteiger partial charge on any atom is -0.361 e. The van der Waals surface area contributed by atoms with Gasteiger partial charge in [-0.2, -0.15) is 0 Å². The highest BCUT2D eigenvalue weighted by atomic mass is 35.5. The van der Waals surface area contributed by atoms with E-state index >= 15 is 0 Å². The van der Waals surface area contributed by atoms with Crippen LogP contribution in [0.1, 0.15) is 19.4 Å². The lowest BCUT2D eigenvalue weighted by Gasteiger charge is -2.25. The van der Waals surface area contributed by atoms with E-state index in [1.165, 1.54) is 12.1 Å². The lowest BCUT2D eigenvalue weighted by molar-refractivity contribution is 0.504. The van der Waals surface area contributed by atoms with Crippen LogP contribution >= 0.6 is 11.6 Å². The Bertz CT molecular complexity index is 1010. The van der Waals surface area contributed by atoms with Gasteiger partial charge in [-0.05, 0) is 42.0 Å². The summed E-state index contributed by atoms with van der Waals surface area (Å²) in [6.07, 6.45) is 1.87. The second kappa shape index (κ2) is 6.44. The summed E-state index contributed by atoms with van der Waals surface area (Å²) in [5.41, 5.74) is 1.43. The zero-order valence-corrected chi connectivity index (χ0v) is 15.4. The topological polar surface area (TPSA) is 62.0 Å². The first-order valence-electron chi connectivity index (χ1n) is 7.71. The van der Waals surface area contributed by atoms with E-state index < -0.39 is 21.3 Å². The molecule has 0 saturated heterocycles. The molecule has 0 bridgehead atoms. The highest BCUT2D eigenvalue weighted by Crippen LogP contribution is 2.31. The molecule has 7 heteroatoms. The van der Waals surface area contributed by atoms with Crippen molar-refractivity contribution in [2.24, 2.45) is 0 Å². The lowest BCUT2D eigenvalue weighted by Crippen LogP contribution is -2.36. The van der Waals surface area contributed by atoms with Gasteiger partial charge in [-0.25, -0.2) is 17.5 Å². The van der Waals surface area contributed by atoms with Crippen molar-refractivity contribution in [3.8, 4) is 0 Å². The van der Waals surface area contributed by atoms with Gasteiger partial charge in [0.05, 0.1) is 4.90 Å². The summed E-state index contributed by atoms with van der Waals surface area (Å²) in [7, 11) is -3.71.